The minimum absolute atomic E-state index is 0.317. The van der Waals surface area contributed by atoms with E-state index in [0.29, 0.717) is 5.54 Å². The lowest BCUT2D eigenvalue weighted by Gasteiger charge is -2.51. The fourth-order valence-corrected chi connectivity index (χ4v) is 5.02. The number of nitrogens with zero attached hydrogens (tertiary/aromatic N) is 5. The summed E-state index contributed by atoms with van der Waals surface area (Å²) in [6.07, 6.45) is 13.9. The Morgan fingerprint density at radius 2 is 1.96 bits per heavy atom. The summed E-state index contributed by atoms with van der Waals surface area (Å²) < 4.78 is 0. The summed E-state index contributed by atoms with van der Waals surface area (Å²) in [5.74, 6) is 0. The molecule has 0 bridgehead atoms. The molecule has 0 aliphatic carbocycles. The van der Waals surface area contributed by atoms with Crippen LogP contribution in [0.4, 0.5) is 5.69 Å². The molecule has 2 aliphatic heterocycles. The first-order chi connectivity index (χ1) is 13.3. The van der Waals surface area contributed by atoms with Crippen molar-refractivity contribution in [2.75, 3.05) is 31.6 Å². The van der Waals surface area contributed by atoms with Gasteiger partial charge >= 0.3 is 0 Å². The van der Waals surface area contributed by atoms with Crippen molar-refractivity contribution in [2.45, 2.75) is 37.6 Å². The second kappa shape index (κ2) is 6.60. The molecule has 5 heterocycles. The molecular weight excluding hydrogens is 336 g/mol. The van der Waals surface area contributed by atoms with E-state index in [2.05, 4.69) is 42.8 Å². The Balaban J connectivity index is 1.58. The molecule has 2 fully saturated rings. The first kappa shape index (κ1) is 16.7. The van der Waals surface area contributed by atoms with Crippen molar-refractivity contribution in [1.82, 2.24) is 24.8 Å². The third-order valence-corrected chi connectivity index (χ3v) is 6.50. The zero-order valence-electron chi connectivity index (χ0n) is 15.9. The highest BCUT2D eigenvalue weighted by atomic mass is 15.3. The number of anilines is 1. The topological polar surface area (TPSA) is 60.9 Å². The van der Waals surface area contributed by atoms with Gasteiger partial charge in [-0.3, -0.25) is 4.90 Å². The van der Waals surface area contributed by atoms with E-state index in [0.717, 1.165) is 30.0 Å². The van der Waals surface area contributed by atoms with Gasteiger partial charge in [-0.15, -0.1) is 0 Å². The summed E-state index contributed by atoms with van der Waals surface area (Å²) in [7, 11) is 2.31. The Bertz CT molecular complexity index is 932. The number of piperidine rings is 2. The Morgan fingerprint density at radius 3 is 2.81 bits per heavy atom. The van der Waals surface area contributed by atoms with Gasteiger partial charge in [0.15, 0.2) is 0 Å². The number of rotatable bonds is 2. The lowest BCUT2D eigenvalue weighted by Crippen LogP contribution is -2.59. The monoisotopic (exact) mass is 362 g/mol. The average Bonchev–Trinajstić information content (AvgIpc) is 3.15. The molecule has 6 nitrogen and oxygen atoms in total. The summed E-state index contributed by atoms with van der Waals surface area (Å²) in [5, 5.41) is 1.17. The van der Waals surface area contributed by atoms with Crippen molar-refractivity contribution in [1.29, 1.82) is 0 Å². The number of likely N-dealkylation sites (N-methyl/N-ethyl adjacent to an activating group) is 1. The molecule has 6 heteroatoms. The maximum absolute atomic E-state index is 4.57. The van der Waals surface area contributed by atoms with Crippen LogP contribution in [0.3, 0.4) is 0 Å². The average molecular weight is 362 g/mol. The van der Waals surface area contributed by atoms with Crippen LogP contribution in [0.15, 0.2) is 37.1 Å². The second-order valence-electron chi connectivity index (χ2n) is 7.98. The minimum Gasteiger partial charge on any atom is -0.369 e. The van der Waals surface area contributed by atoms with Crippen LogP contribution in [-0.2, 0) is 0 Å². The Kier molecular flexibility index (Phi) is 4.08. The van der Waals surface area contributed by atoms with Gasteiger partial charge in [-0.1, -0.05) is 6.42 Å². The molecule has 2 saturated heterocycles. The fourth-order valence-electron chi connectivity index (χ4n) is 5.02. The van der Waals surface area contributed by atoms with Gasteiger partial charge in [0, 0.05) is 42.8 Å². The number of aromatic nitrogens is 4. The van der Waals surface area contributed by atoms with Crippen LogP contribution in [0, 0.1) is 0 Å². The number of hydrogen-bond acceptors (Lipinski definition) is 5. The van der Waals surface area contributed by atoms with E-state index in [9.17, 15) is 0 Å². The molecule has 3 aromatic rings. The lowest BCUT2D eigenvalue weighted by molar-refractivity contribution is 0.0582. The first-order valence-electron chi connectivity index (χ1n) is 9.96. The number of pyridine rings is 1. The molecule has 5 rings (SSSR count). The molecule has 3 aromatic heterocycles. The molecule has 0 radical (unpaired) electrons. The molecule has 0 saturated carbocycles. The van der Waals surface area contributed by atoms with Gasteiger partial charge in [0.1, 0.15) is 12.0 Å². The summed E-state index contributed by atoms with van der Waals surface area (Å²) in [4.78, 5) is 21.6. The van der Waals surface area contributed by atoms with Crippen molar-refractivity contribution < 1.29 is 0 Å². The number of nitrogens with one attached hydrogen (secondary N) is 1. The maximum atomic E-state index is 4.57. The Morgan fingerprint density at radius 1 is 1.04 bits per heavy atom. The number of likely N-dealkylation sites (tertiary alicyclic amines) is 1. The van der Waals surface area contributed by atoms with Crippen LogP contribution < -0.4 is 4.90 Å². The summed E-state index contributed by atoms with van der Waals surface area (Å²) in [6.45, 7) is 3.41. The first-order valence-corrected chi connectivity index (χ1v) is 9.96. The zero-order chi connectivity index (χ0) is 18.3. The van der Waals surface area contributed by atoms with E-state index >= 15 is 0 Å². The van der Waals surface area contributed by atoms with Crippen molar-refractivity contribution >= 4 is 16.7 Å². The molecule has 0 aromatic carbocycles. The Hall–Kier alpha value is -2.47. The fraction of sp³-hybridized carbons (Fsp3) is 0.476. The van der Waals surface area contributed by atoms with E-state index in [-0.39, 0.29) is 0 Å². The van der Waals surface area contributed by atoms with Gasteiger partial charge in [-0.2, -0.15) is 0 Å². The highest BCUT2D eigenvalue weighted by Crippen LogP contribution is 2.40. The highest BCUT2D eigenvalue weighted by Gasteiger charge is 2.40. The molecule has 0 amide bonds. The highest BCUT2D eigenvalue weighted by molar-refractivity contribution is 6.01. The molecule has 2 aliphatic rings. The normalized spacial score (nSPS) is 24.0. The van der Waals surface area contributed by atoms with Gasteiger partial charge in [-0.05, 0) is 51.4 Å². The van der Waals surface area contributed by atoms with E-state index < -0.39 is 0 Å². The van der Waals surface area contributed by atoms with Gasteiger partial charge in [-0.25, -0.2) is 15.0 Å². The van der Waals surface area contributed by atoms with Crippen molar-refractivity contribution in [3.05, 3.63) is 37.1 Å². The number of aromatic amines is 1. The standard InChI is InChI=1S/C21H26N6/c1-26-11-3-2-7-21(26)8-4-12-27(14-21)18-6-10-23-20-19(18)16(13-24-20)17-5-9-22-15-25-17/h5-6,9-10,13,15H,2-4,7-8,11-12,14H2,1H3,(H,23,24). The van der Waals surface area contributed by atoms with Crippen LogP contribution in [0.25, 0.3) is 22.3 Å². The minimum atomic E-state index is 0.317. The number of fused-ring (bicyclic) bond motifs is 1. The maximum Gasteiger partial charge on any atom is 0.140 e. The number of H-pyrrole nitrogens is 1. The molecule has 140 valence electrons. The second-order valence-corrected chi connectivity index (χ2v) is 7.98. The van der Waals surface area contributed by atoms with Crippen LogP contribution in [0.1, 0.15) is 32.1 Å². The third kappa shape index (κ3) is 2.79. The summed E-state index contributed by atoms with van der Waals surface area (Å²) in [6, 6.07) is 4.13. The smallest absolute Gasteiger partial charge is 0.140 e. The predicted octanol–water partition coefficient (Wildman–Crippen LogP) is 3.47. The van der Waals surface area contributed by atoms with Gasteiger partial charge < -0.3 is 9.88 Å². The van der Waals surface area contributed by atoms with E-state index in [1.54, 1.807) is 12.5 Å². The van der Waals surface area contributed by atoms with Gasteiger partial charge in [0.25, 0.3) is 0 Å². The predicted molar refractivity (Wildman–Crippen MR) is 108 cm³/mol. The lowest BCUT2D eigenvalue weighted by atomic mass is 9.80. The van der Waals surface area contributed by atoms with Crippen LogP contribution in [0.2, 0.25) is 0 Å². The van der Waals surface area contributed by atoms with E-state index in [1.165, 1.54) is 49.7 Å². The van der Waals surface area contributed by atoms with Crippen molar-refractivity contribution in [2.24, 2.45) is 0 Å². The largest absolute Gasteiger partial charge is 0.369 e. The Labute approximate surface area is 159 Å². The molecule has 1 atom stereocenters. The van der Waals surface area contributed by atoms with E-state index in [4.69, 9.17) is 0 Å². The third-order valence-electron chi connectivity index (χ3n) is 6.50. The summed E-state index contributed by atoms with van der Waals surface area (Å²) in [5.41, 5.74) is 4.56. The zero-order valence-corrected chi connectivity index (χ0v) is 15.9. The molecule has 1 N–H and O–H groups in total. The SMILES string of the molecule is CN1CCCCC12CCCN(c1ccnc3[nH]cc(-c4ccncn4)c13)C2. The molecule has 1 unspecified atom stereocenters. The molecular formula is C21H26N6. The van der Waals surface area contributed by atoms with Crippen molar-refractivity contribution in [3.63, 3.8) is 0 Å². The molecule has 27 heavy (non-hydrogen) atoms. The van der Waals surface area contributed by atoms with Gasteiger partial charge in [0.2, 0.25) is 0 Å². The van der Waals surface area contributed by atoms with Crippen LogP contribution >= 0.6 is 0 Å². The number of hydrogen-bond donors (Lipinski definition) is 1. The molecule has 1 spiro atoms. The van der Waals surface area contributed by atoms with Crippen LogP contribution in [0.5, 0.6) is 0 Å². The quantitative estimate of drug-likeness (QED) is 0.756. The van der Waals surface area contributed by atoms with E-state index in [1.807, 2.05) is 18.5 Å². The van der Waals surface area contributed by atoms with Gasteiger partial charge in [0.05, 0.1) is 16.8 Å². The van der Waals surface area contributed by atoms with Crippen molar-refractivity contribution in [3.8, 4) is 11.3 Å². The van der Waals surface area contributed by atoms with Crippen LogP contribution in [-0.4, -0.2) is 57.1 Å². The summed E-state index contributed by atoms with van der Waals surface area (Å²) >= 11 is 0.